The second-order valence-corrected chi connectivity index (χ2v) is 4.84. The van der Waals surface area contributed by atoms with E-state index in [1.54, 1.807) is 23.1 Å². The van der Waals surface area contributed by atoms with E-state index in [1.807, 2.05) is 6.92 Å². The van der Waals surface area contributed by atoms with Crippen LogP contribution >= 0.6 is 0 Å². The summed E-state index contributed by atoms with van der Waals surface area (Å²) in [5, 5.41) is 2.66. The first kappa shape index (κ1) is 13.4. The van der Waals surface area contributed by atoms with Crippen LogP contribution in [0.2, 0.25) is 0 Å². The van der Waals surface area contributed by atoms with Gasteiger partial charge in [-0.2, -0.15) is 0 Å². The standard InChI is InChI=1S/C14H19N3O2/c1-10-4-5-11(15)8-12(10)14(19)16-9-13(18)17-6-2-3-7-17/h4-5,8H,2-3,6-7,9,15H2,1H3,(H,16,19). The number of carbonyl (C=O) groups is 2. The molecule has 3 N–H and O–H groups in total. The van der Waals surface area contributed by atoms with Gasteiger partial charge in [0.2, 0.25) is 5.91 Å². The maximum atomic E-state index is 12.0. The summed E-state index contributed by atoms with van der Waals surface area (Å²) in [7, 11) is 0. The molecule has 1 saturated heterocycles. The number of nitrogen functional groups attached to an aromatic ring is 1. The molecule has 0 spiro atoms. The molecule has 1 aliphatic heterocycles. The van der Waals surface area contributed by atoms with Gasteiger partial charge >= 0.3 is 0 Å². The second-order valence-electron chi connectivity index (χ2n) is 4.84. The van der Waals surface area contributed by atoms with Gasteiger partial charge in [-0.3, -0.25) is 9.59 Å². The molecule has 1 fully saturated rings. The number of hydrogen-bond donors (Lipinski definition) is 2. The Labute approximate surface area is 112 Å². The first-order valence-corrected chi connectivity index (χ1v) is 6.50. The Kier molecular flexibility index (Phi) is 4.04. The first-order chi connectivity index (χ1) is 9.08. The fourth-order valence-electron chi connectivity index (χ4n) is 2.21. The highest BCUT2D eigenvalue weighted by molar-refractivity contribution is 5.98. The van der Waals surface area contributed by atoms with Crippen LogP contribution in [-0.2, 0) is 4.79 Å². The number of hydrogen-bond acceptors (Lipinski definition) is 3. The maximum Gasteiger partial charge on any atom is 0.252 e. The van der Waals surface area contributed by atoms with Crippen molar-refractivity contribution in [2.75, 3.05) is 25.4 Å². The third-order valence-corrected chi connectivity index (χ3v) is 3.37. The van der Waals surface area contributed by atoms with Gasteiger partial charge in [0.15, 0.2) is 0 Å². The molecule has 1 aromatic rings. The molecule has 0 aliphatic carbocycles. The maximum absolute atomic E-state index is 12.0. The Hall–Kier alpha value is -2.04. The number of carbonyl (C=O) groups excluding carboxylic acids is 2. The Morgan fingerprint density at radius 3 is 2.68 bits per heavy atom. The van der Waals surface area contributed by atoms with Crippen LogP contribution in [0, 0.1) is 6.92 Å². The van der Waals surface area contributed by atoms with Gasteiger partial charge in [-0.1, -0.05) is 6.07 Å². The van der Waals surface area contributed by atoms with Crippen molar-refractivity contribution in [1.82, 2.24) is 10.2 Å². The van der Waals surface area contributed by atoms with Gasteiger partial charge in [0, 0.05) is 24.3 Å². The number of likely N-dealkylation sites (tertiary alicyclic amines) is 1. The van der Waals surface area contributed by atoms with Crippen molar-refractivity contribution in [3.63, 3.8) is 0 Å². The van der Waals surface area contributed by atoms with E-state index in [1.165, 1.54) is 0 Å². The van der Waals surface area contributed by atoms with Crippen molar-refractivity contribution in [2.24, 2.45) is 0 Å². The molecule has 2 rings (SSSR count). The number of benzene rings is 1. The van der Waals surface area contributed by atoms with Gasteiger partial charge in [0.25, 0.3) is 5.91 Å². The summed E-state index contributed by atoms with van der Waals surface area (Å²) in [6.07, 6.45) is 2.10. The van der Waals surface area contributed by atoms with Gasteiger partial charge in [-0.15, -0.1) is 0 Å². The normalized spacial score (nSPS) is 14.5. The molecule has 5 heteroatoms. The highest BCUT2D eigenvalue weighted by Crippen LogP contribution is 2.12. The molecule has 0 saturated carbocycles. The van der Waals surface area contributed by atoms with Gasteiger partial charge in [0.05, 0.1) is 6.54 Å². The Morgan fingerprint density at radius 2 is 2.00 bits per heavy atom. The summed E-state index contributed by atoms with van der Waals surface area (Å²) in [5.41, 5.74) is 7.58. The minimum atomic E-state index is -0.252. The van der Waals surface area contributed by atoms with E-state index >= 15 is 0 Å². The quantitative estimate of drug-likeness (QED) is 0.795. The van der Waals surface area contributed by atoms with Crippen LogP contribution in [0.15, 0.2) is 18.2 Å². The third-order valence-electron chi connectivity index (χ3n) is 3.37. The predicted molar refractivity (Wildman–Crippen MR) is 73.7 cm³/mol. The smallest absolute Gasteiger partial charge is 0.252 e. The van der Waals surface area contributed by atoms with Crippen LogP contribution in [0.5, 0.6) is 0 Å². The summed E-state index contributed by atoms with van der Waals surface area (Å²) >= 11 is 0. The summed E-state index contributed by atoms with van der Waals surface area (Å²) in [6, 6.07) is 5.18. The zero-order valence-corrected chi connectivity index (χ0v) is 11.1. The summed E-state index contributed by atoms with van der Waals surface area (Å²) in [5.74, 6) is -0.273. The SMILES string of the molecule is Cc1ccc(N)cc1C(=O)NCC(=O)N1CCCC1. The molecule has 1 heterocycles. The van der Waals surface area contributed by atoms with Gasteiger partial charge < -0.3 is 16.0 Å². The van der Waals surface area contributed by atoms with Crippen LogP contribution in [0.3, 0.4) is 0 Å². The number of rotatable bonds is 3. The molecule has 102 valence electrons. The van der Waals surface area contributed by atoms with Crippen LogP contribution < -0.4 is 11.1 Å². The molecular weight excluding hydrogens is 242 g/mol. The summed E-state index contributed by atoms with van der Waals surface area (Å²) in [4.78, 5) is 25.6. The third kappa shape index (κ3) is 3.24. The van der Waals surface area contributed by atoms with E-state index in [4.69, 9.17) is 5.73 Å². The van der Waals surface area contributed by atoms with E-state index in [2.05, 4.69) is 5.32 Å². The van der Waals surface area contributed by atoms with Crippen LogP contribution in [0.4, 0.5) is 5.69 Å². The van der Waals surface area contributed by atoms with Gasteiger partial charge in [-0.05, 0) is 37.5 Å². The van der Waals surface area contributed by atoms with E-state index in [-0.39, 0.29) is 18.4 Å². The average molecular weight is 261 g/mol. The first-order valence-electron chi connectivity index (χ1n) is 6.50. The van der Waals surface area contributed by atoms with Gasteiger partial charge in [0.1, 0.15) is 0 Å². The topological polar surface area (TPSA) is 75.4 Å². The lowest BCUT2D eigenvalue weighted by Crippen LogP contribution is -2.38. The summed E-state index contributed by atoms with van der Waals surface area (Å²) in [6.45, 7) is 3.49. The number of nitrogens with two attached hydrogens (primary N) is 1. The molecule has 5 nitrogen and oxygen atoms in total. The number of nitrogens with one attached hydrogen (secondary N) is 1. The van der Waals surface area contributed by atoms with Crippen molar-refractivity contribution in [3.05, 3.63) is 29.3 Å². The molecule has 2 amide bonds. The Bertz CT molecular complexity index is 493. The number of anilines is 1. The molecule has 1 aromatic carbocycles. The fraction of sp³-hybridized carbons (Fsp3) is 0.429. The zero-order chi connectivity index (χ0) is 13.8. The molecule has 0 atom stereocenters. The van der Waals surface area contributed by atoms with Crippen molar-refractivity contribution in [1.29, 1.82) is 0 Å². The zero-order valence-electron chi connectivity index (χ0n) is 11.1. The Morgan fingerprint density at radius 1 is 1.32 bits per heavy atom. The number of aryl methyl sites for hydroxylation is 1. The van der Waals surface area contributed by atoms with Crippen molar-refractivity contribution >= 4 is 17.5 Å². The molecular formula is C14H19N3O2. The molecule has 0 aromatic heterocycles. The highest BCUT2D eigenvalue weighted by atomic mass is 16.2. The molecule has 0 unspecified atom stereocenters. The van der Waals surface area contributed by atoms with Gasteiger partial charge in [-0.25, -0.2) is 0 Å². The lowest BCUT2D eigenvalue weighted by atomic mass is 10.1. The monoisotopic (exact) mass is 261 g/mol. The highest BCUT2D eigenvalue weighted by Gasteiger charge is 2.18. The largest absolute Gasteiger partial charge is 0.399 e. The fourth-order valence-corrected chi connectivity index (χ4v) is 2.21. The average Bonchev–Trinajstić information content (AvgIpc) is 2.92. The lowest BCUT2D eigenvalue weighted by molar-refractivity contribution is -0.129. The van der Waals surface area contributed by atoms with Crippen LogP contribution in [0.25, 0.3) is 0 Å². The lowest BCUT2D eigenvalue weighted by Gasteiger charge is -2.15. The van der Waals surface area contributed by atoms with Crippen molar-refractivity contribution < 1.29 is 9.59 Å². The van der Waals surface area contributed by atoms with E-state index < -0.39 is 0 Å². The van der Waals surface area contributed by atoms with Crippen molar-refractivity contribution in [2.45, 2.75) is 19.8 Å². The minimum absolute atomic E-state index is 0.0209. The van der Waals surface area contributed by atoms with E-state index in [0.29, 0.717) is 11.3 Å². The second kappa shape index (κ2) is 5.73. The van der Waals surface area contributed by atoms with Crippen molar-refractivity contribution in [3.8, 4) is 0 Å². The van der Waals surface area contributed by atoms with E-state index in [0.717, 1.165) is 31.5 Å². The molecule has 0 bridgehead atoms. The van der Waals surface area contributed by atoms with Crippen LogP contribution in [0.1, 0.15) is 28.8 Å². The number of amides is 2. The molecule has 19 heavy (non-hydrogen) atoms. The minimum Gasteiger partial charge on any atom is -0.399 e. The van der Waals surface area contributed by atoms with Crippen LogP contribution in [-0.4, -0.2) is 36.3 Å². The predicted octanol–water partition coefficient (Wildman–Crippen LogP) is 0.929. The summed E-state index contributed by atoms with van der Waals surface area (Å²) < 4.78 is 0. The molecule has 0 radical (unpaired) electrons. The number of nitrogens with zero attached hydrogens (tertiary/aromatic N) is 1. The van der Waals surface area contributed by atoms with E-state index in [9.17, 15) is 9.59 Å². The Balaban J connectivity index is 1.93. The molecule has 1 aliphatic rings.